The van der Waals surface area contributed by atoms with Gasteiger partial charge in [-0.2, -0.15) is 0 Å². The highest BCUT2D eigenvalue weighted by Crippen LogP contribution is 2.44. The van der Waals surface area contributed by atoms with Crippen molar-refractivity contribution < 1.29 is 4.39 Å². The van der Waals surface area contributed by atoms with Crippen LogP contribution in [-0.2, 0) is 0 Å². The molecular weight excluding hydrogens is 1070 g/mol. The molecule has 6 heterocycles. The Morgan fingerprint density at radius 2 is 0.568 bits per heavy atom. The maximum Gasteiger partial charge on any atom is 0.252 e. The van der Waals surface area contributed by atoms with Crippen LogP contribution in [0.15, 0.2) is 277 Å². The number of hydrogen-bond donors (Lipinski definition) is 0. The van der Waals surface area contributed by atoms with Gasteiger partial charge in [-0.3, -0.25) is 0 Å². The molecular formula is C72H45B3BrClFN3. The standard InChI is InChI=1S/C24H15BBrN.C24H15BClN.C24H15BFN/c3*26-20-13-6-10-17-18-11-7-15-22-24(18)25(23(17)20)19-12-4-5-14-21(19)27(22)16-8-2-1-3-9-16/h3*1-15H. The predicted molar refractivity (Wildman–Crippen MR) is 346 cm³/mol. The number of nitrogens with zero attached hydrogens (tertiary/aromatic N) is 3. The van der Waals surface area contributed by atoms with Gasteiger partial charge in [0.05, 0.1) is 0 Å². The van der Waals surface area contributed by atoms with Crippen molar-refractivity contribution in [2.75, 3.05) is 14.7 Å². The van der Waals surface area contributed by atoms with Crippen LogP contribution < -0.4 is 63.9 Å². The zero-order chi connectivity index (χ0) is 53.9. The Morgan fingerprint density at radius 1 is 0.272 bits per heavy atom. The summed E-state index contributed by atoms with van der Waals surface area (Å²) in [5.41, 5.74) is 29.4. The normalized spacial score (nSPS) is 13.2. The van der Waals surface area contributed by atoms with Crippen LogP contribution in [0.25, 0.3) is 33.4 Å². The molecule has 0 amide bonds. The molecule has 0 saturated heterocycles. The van der Waals surface area contributed by atoms with E-state index in [1.807, 2.05) is 24.3 Å². The molecule has 0 N–H and O–H groups in total. The lowest BCUT2D eigenvalue weighted by Gasteiger charge is -2.35. The molecule has 18 rings (SSSR count). The summed E-state index contributed by atoms with van der Waals surface area (Å²) in [6, 6.07) is 95.5. The van der Waals surface area contributed by atoms with E-state index in [-0.39, 0.29) is 26.0 Å². The highest BCUT2D eigenvalue weighted by molar-refractivity contribution is 9.10. The molecule has 0 unspecified atom stereocenters. The van der Waals surface area contributed by atoms with Crippen LogP contribution in [-0.4, -0.2) is 20.1 Å². The van der Waals surface area contributed by atoms with Crippen LogP contribution in [0.2, 0.25) is 5.02 Å². The second-order valence-corrected chi connectivity index (χ2v) is 22.6. The fourth-order valence-electron chi connectivity index (χ4n) is 14.2. The minimum atomic E-state index is -0.123. The lowest BCUT2D eigenvalue weighted by molar-refractivity contribution is 0.636. The predicted octanol–water partition coefficient (Wildman–Crippen LogP) is 13.5. The molecule has 0 saturated carbocycles. The summed E-state index contributed by atoms with van der Waals surface area (Å²) < 4.78 is 16.1. The monoisotopic (exact) mass is 1120 g/mol. The summed E-state index contributed by atoms with van der Waals surface area (Å²) in [5, 5.41) is 0.850. The highest BCUT2D eigenvalue weighted by atomic mass is 79.9. The molecule has 9 heteroatoms. The van der Waals surface area contributed by atoms with Crippen LogP contribution in [0.5, 0.6) is 0 Å². The minimum Gasteiger partial charge on any atom is -0.312 e. The molecule has 0 atom stereocenters. The smallest absolute Gasteiger partial charge is 0.252 e. The summed E-state index contributed by atoms with van der Waals surface area (Å²) in [5.74, 6) is -0.123. The lowest BCUT2D eigenvalue weighted by Crippen LogP contribution is -2.55. The first kappa shape index (κ1) is 47.9. The number of hydrogen-bond acceptors (Lipinski definition) is 3. The second-order valence-electron chi connectivity index (χ2n) is 21.3. The van der Waals surface area contributed by atoms with E-state index in [9.17, 15) is 4.39 Å². The fourth-order valence-corrected chi connectivity index (χ4v) is 15.1. The van der Waals surface area contributed by atoms with Crippen molar-refractivity contribution in [3.05, 3.63) is 288 Å². The van der Waals surface area contributed by atoms with E-state index in [4.69, 9.17) is 11.6 Å². The van der Waals surface area contributed by atoms with Crippen LogP contribution in [0.1, 0.15) is 0 Å². The van der Waals surface area contributed by atoms with Crippen molar-refractivity contribution >= 4 is 148 Å². The number of para-hydroxylation sites is 6. The van der Waals surface area contributed by atoms with E-state index in [0.29, 0.717) is 0 Å². The third-order valence-electron chi connectivity index (χ3n) is 17.2. The van der Waals surface area contributed by atoms with E-state index in [0.717, 1.165) is 44.1 Å². The maximum absolute atomic E-state index is 14.9. The first-order chi connectivity index (χ1) is 40.0. The van der Waals surface area contributed by atoms with Crippen molar-refractivity contribution in [3.63, 3.8) is 0 Å². The Bertz CT molecular complexity index is 4070. The SMILES string of the molecule is Brc1cccc2c1B1c3ccccc3N(c3ccccc3)c3cccc-2c31.Clc1cccc2c1B1c3ccccc3N(c3ccccc3)c3cccc-2c31.Fc1cccc2c1B1c3ccccc3N(c3ccccc3)c3cccc-2c31. The van der Waals surface area contributed by atoms with Gasteiger partial charge >= 0.3 is 0 Å². The third kappa shape index (κ3) is 7.23. The Morgan fingerprint density at radius 3 is 1.00 bits per heavy atom. The van der Waals surface area contributed by atoms with Gasteiger partial charge in [0.1, 0.15) is 5.82 Å². The molecule has 0 radical (unpaired) electrons. The Balaban J connectivity index is 0.000000100. The molecule has 0 spiro atoms. The molecule has 3 nitrogen and oxygen atoms in total. The quantitative estimate of drug-likeness (QED) is 0.163. The van der Waals surface area contributed by atoms with Gasteiger partial charge in [-0.05, 0) is 174 Å². The lowest BCUT2D eigenvalue weighted by atomic mass is 9.37. The van der Waals surface area contributed by atoms with Crippen LogP contribution >= 0.6 is 27.5 Å². The number of rotatable bonds is 3. The average molecular weight is 1120 g/mol. The maximum atomic E-state index is 14.9. The molecule has 0 aromatic heterocycles. The van der Waals surface area contributed by atoms with Gasteiger partial charge in [0, 0.05) is 60.7 Å². The van der Waals surface area contributed by atoms with Crippen molar-refractivity contribution in [2.45, 2.75) is 0 Å². The fraction of sp³-hybridized carbons (Fsp3) is 0. The molecule has 0 aliphatic carbocycles. The van der Waals surface area contributed by atoms with Gasteiger partial charge in [0.25, 0.3) is 6.71 Å². The summed E-state index contributed by atoms with van der Waals surface area (Å²) >= 11 is 10.6. The molecule has 6 aliphatic rings. The Hall–Kier alpha value is -9.07. The number of anilines is 9. The summed E-state index contributed by atoms with van der Waals surface area (Å²) in [7, 11) is 0. The molecule has 12 aromatic carbocycles. The third-order valence-corrected chi connectivity index (χ3v) is 18.3. The topological polar surface area (TPSA) is 9.72 Å². The molecule has 378 valence electrons. The van der Waals surface area contributed by atoms with E-state index >= 15 is 0 Å². The van der Waals surface area contributed by atoms with Gasteiger partial charge < -0.3 is 14.7 Å². The second kappa shape index (κ2) is 19.1. The van der Waals surface area contributed by atoms with E-state index in [1.165, 1.54) is 99.1 Å². The zero-order valence-electron chi connectivity index (χ0n) is 43.7. The van der Waals surface area contributed by atoms with Gasteiger partial charge in [-0.15, -0.1) is 0 Å². The van der Waals surface area contributed by atoms with E-state index < -0.39 is 0 Å². The van der Waals surface area contributed by atoms with Crippen molar-refractivity contribution in [1.82, 2.24) is 0 Å². The number of fused-ring (bicyclic) bond motifs is 15. The molecule has 6 aliphatic heterocycles. The van der Waals surface area contributed by atoms with Crippen molar-refractivity contribution in [1.29, 1.82) is 0 Å². The Kier molecular flexibility index (Phi) is 11.3. The van der Waals surface area contributed by atoms with E-state index in [1.54, 1.807) is 6.07 Å². The number of benzene rings is 12. The van der Waals surface area contributed by atoms with Gasteiger partial charge in [-0.1, -0.05) is 210 Å². The summed E-state index contributed by atoms with van der Waals surface area (Å²) in [4.78, 5) is 7.09. The van der Waals surface area contributed by atoms with Gasteiger partial charge in [-0.25, -0.2) is 4.39 Å². The molecule has 12 aromatic rings. The highest BCUT2D eigenvalue weighted by Gasteiger charge is 2.46. The van der Waals surface area contributed by atoms with Crippen LogP contribution in [0, 0.1) is 5.82 Å². The number of halogens is 3. The molecule has 0 fully saturated rings. The first-order valence-electron chi connectivity index (χ1n) is 27.6. The summed E-state index contributed by atoms with van der Waals surface area (Å²) in [6.45, 7) is 0.414. The van der Waals surface area contributed by atoms with Gasteiger partial charge in [0.2, 0.25) is 13.4 Å². The van der Waals surface area contributed by atoms with Crippen LogP contribution in [0.4, 0.5) is 55.6 Å². The average Bonchev–Trinajstić information content (AvgIpc) is 3.86. The molecule has 81 heavy (non-hydrogen) atoms. The van der Waals surface area contributed by atoms with Crippen molar-refractivity contribution in [3.8, 4) is 33.4 Å². The zero-order valence-corrected chi connectivity index (χ0v) is 46.0. The van der Waals surface area contributed by atoms with Crippen LogP contribution in [0.3, 0.4) is 0 Å². The van der Waals surface area contributed by atoms with Gasteiger partial charge in [0.15, 0.2) is 0 Å². The Labute approximate surface area is 485 Å². The van der Waals surface area contributed by atoms with Crippen molar-refractivity contribution in [2.24, 2.45) is 0 Å². The largest absolute Gasteiger partial charge is 0.312 e. The summed E-state index contributed by atoms with van der Waals surface area (Å²) in [6.07, 6.45) is 0. The van der Waals surface area contributed by atoms with E-state index in [2.05, 4.69) is 273 Å². The molecule has 0 bridgehead atoms. The first-order valence-corrected chi connectivity index (χ1v) is 28.8. The minimum absolute atomic E-state index is 0.0523.